The van der Waals surface area contributed by atoms with E-state index in [0.29, 0.717) is 0 Å². The molecule has 0 unspecified atom stereocenters. The molecule has 2 rings (SSSR count). The van der Waals surface area contributed by atoms with E-state index in [-0.39, 0.29) is 11.9 Å². The number of thiophene rings is 1. The number of rotatable bonds is 5. The van der Waals surface area contributed by atoms with Crippen LogP contribution in [0.4, 0.5) is 5.69 Å². The van der Waals surface area contributed by atoms with Crippen LogP contribution in [0, 0.1) is 6.92 Å². The molecule has 0 saturated carbocycles. The van der Waals surface area contributed by atoms with E-state index in [2.05, 4.69) is 48.7 Å². The van der Waals surface area contributed by atoms with E-state index in [4.69, 9.17) is 0 Å². The van der Waals surface area contributed by atoms with Crippen molar-refractivity contribution in [1.29, 1.82) is 0 Å². The van der Waals surface area contributed by atoms with Crippen LogP contribution in [-0.2, 0) is 11.3 Å². The zero-order chi connectivity index (χ0) is 14.5. The average Bonchev–Trinajstić information content (AvgIpc) is 2.83. The summed E-state index contributed by atoms with van der Waals surface area (Å²) in [4.78, 5) is 12.3. The Morgan fingerprint density at radius 2 is 2.05 bits per heavy atom. The number of nitrogens with one attached hydrogen (secondary N) is 2. The summed E-state index contributed by atoms with van der Waals surface area (Å²) in [5.74, 6) is -0.0309. The number of hydrogen-bond acceptors (Lipinski definition) is 3. The maximum atomic E-state index is 11.1. The van der Waals surface area contributed by atoms with Crippen LogP contribution in [0.3, 0.4) is 0 Å². The highest BCUT2D eigenvalue weighted by Gasteiger charge is 2.10. The van der Waals surface area contributed by atoms with Crippen LogP contribution in [-0.4, -0.2) is 5.91 Å². The monoisotopic (exact) mass is 288 g/mol. The first kappa shape index (κ1) is 14.8. The number of hydrogen-bond donors (Lipinski definition) is 2. The topological polar surface area (TPSA) is 41.1 Å². The van der Waals surface area contributed by atoms with Crippen LogP contribution in [0.2, 0.25) is 0 Å². The molecule has 1 heterocycles. The normalized spacial score (nSPS) is 12.2. The molecule has 1 amide bonds. The summed E-state index contributed by atoms with van der Waals surface area (Å²) >= 11 is 1.66. The van der Waals surface area contributed by atoms with Crippen molar-refractivity contribution in [1.82, 2.24) is 5.32 Å². The van der Waals surface area contributed by atoms with Gasteiger partial charge in [0, 0.05) is 24.4 Å². The maximum absolute atomic E-state index is 11.1. The molecule has 2 N–H and O–H groups in total. The minimum Gasteiger partial charge on any atom is -0.325 e. The van der Waals surface area contributed by atoms with Gasteiger partial charge in [-0.25, -0.2) is 0 Å². The first-order valence-corrected chi connectivity index (χ1v) is 7.58. The standard InChI is InChI=1S/C16H20N2OS/c1-11-6-4-5-7-14(11)12(2)17-10-16-15(8-9-20-16)18-13(3)19/h4-9,12,17H,10H2,1-3H3,(H,18,19)/t12-/m1/s1. The second-order valence-corrected chi connectivity index (χ2v) is 5.90. The molecule has 1 aromatic carbocycles. The number of carbonyl (C=O) groups excluding carboxylic acids is 1. The molecule has 2 aromatic rings. The van der Waals surface area contributed by atoms with Crippen molar-refractivity contribution in [3.63, 3.8) is 0 Å². The first-order chi connectivity index (χ1) is 9.58. The van der Waals surface area contributed by atoms with E-state index in [0.717, 1.165) is 17.1 Å². The molecule has 0 fully saturated rings. The molecule has 1 aromatic heterocycles. The predicted molar refractivity (Wildman–Crippen MR) is 85.1 cm³/mol. The summed E-state index contributed by atoms with van der Waals surface area (Å²) in [5, 5.41) is 8.38. The highest BCUT2D eigenvalue weighted by atomic mass is 32.1. The van der Waals surface area contributed by atoms with E-state index >= 15 is 0 Å². The number of benzene rings is 1. The maximum Gasteiger partial charge on any atom is 0.221 e. The Kier molecular flexibility index (Phi) is 4.93. The SMILES string of the molecule is CC(=O)Nc1ccsc1CN[C@H](C)c1ccccc1C. The van der Waals surface area contributed by atoms with E-state index in [1.807, 2.05) is 11.4 Å². The van der Waals surface area contributed by atoms with Gasteiger partial charge in [-0.3, -0.25) is 4.79 Å². The van der Waals surface area contributed by atoms with Crippen molar-refractivity contribution < 1.29 is 4.79 Å². The molecule has 0 radical (unpaired) electrons. The Morgan fingerprint density at radius 1 is 1.30 bits per heavy atom. The molecule has 0 aliphatic carbocycles. The van der Waals surface area contributed by atoms with Crippen LogP contribution in [0.25, 0.3) is 0 Å². The lowest BCUT2D eigenvalue weighted by atomic mass is 10.0. The van der Waals surface area contributed by atoms with Gasteiger partial charge in [0.25, 0.3) is 0 Å². The van der Waals surface area contributed by atoms with Crippen molar-refractivity contribution in [3.05, 3.63) is 51.7 Å². The van der Waals surface area contributed by atoms with Crippen molar-refractivity contribution in [2.24, 2.45) is 0 Å². The highest BCUT2D eigenvalue weighted by Crippen LogP contribution is 2.24. The van der Waals surface area contributed by atoms with Gasteiger partial charge in [0.05, 0.1) is 5.69 Å². The first-order valence-electron chi connectivity index (χ1n) is 6.71. The number of aryl methyl sites for hydroxylation is 1. The summed E-state index contributed by atoms with van der Waals surface area (Å²) in [6, 6.07) is 10.6. The van der Waals surface area contributed by atoms with Gasteiger partial charge in [0.1, 0.15) is 0 Å². The van der Waals surface area contributed by atoms with Crippen LogP contribution in [0.5, 0.6) is 0 Å². The van der Waals surface area contributed by atoms with E-state index < -0.39 is 0 Å². The molecule has 20 heavy (non-hydrogen) atoms. The molecule has 0 aliphatic rings. The molecule has 0 spiro atoms. The third kappa shape index (κ3) is 3.68. The summed E-state index contributed by atoms with van der Waals surface area (Å²) in [5.41, 5.74) is 3.51. The molecule has 106 valence electrons. The summed E-state index contributed by atoms with van der Waals surface area (Å²) in [7, 11) is 0. The summed E-state index contributed by atoms with van der Waals surface area (Å²) in [6.45, 7) is 6.57. The lowest BCUT2D eigenvalue weighted by Gasteiger charge is -2.16. The Balaban J connectivity index is 2.00. The molecule has 3 nitrogen and oxygen atoms in total. The van der Waals surface area contributed by atoms with Crippen molar-refractivity contribution in [2.45, 2.75) is 33.4 Å². The molecule has 4 heteroatoms. The zero-order valence-electron chi connectivity index (χ0n) is 12.1. The van der Waals surface area contributed by atoms with Gasteiger partial charge in [0.15, 0.2) is 0 Å². The number of carbonyl (C=O) groups is 1. The predicted octanol–water partition coefficient (Wildman–Crippen LogP) is 3.87. The Labute approximate surface area is 124 Å². The van der Waals surface area contributed by atoms with Crippen LogP contribution < -0.4 is 10.6 Å². The van der Waals surface area contributed by atoms with Gasteiger partial charge >= 0.3 is 0 Å². The Bertz CT molecular complexity index is 592. The van der Waals surface area contributed by atoms with Crippen molar-refractivity contribution in [3.8, 4) is 0 Å². The fourth-order valence-electron chi connectivity index (χ4n) is 2.21. The largest absolute Gasteiger partial charge is 0.325 e. The zero-order valence-corrected chi connectivity index (χ0v) is 12.9. The molecule has 0 aliphatic heterocycles. The van der Waals surface area contributed by atoms with Gasteiger partial charge in [0.2, 0.25) is 5.91 Å². The van der Waals surface area contributed by atoms with Gasteiger partial charge in [-0.15, -0.1) is 11.3 Å². The second-order valence-electron chi connectivity index (χ2n) is 4.90. The van der Waals surface area contributed by atoms with Gasteiger partial charge < -0.3 is 10.6 Å². The lowest BCUT2D eigenvalue weighted by Crippen LogP contribution is -2.19. The second kappa shape index (κ2) is 6.68. The van der Waals surface area contributed by atoms with Gasteiger partial charge in [-0.2, -0.15) is 0 Å². The van der Waals surface area contributed by atoms with Crippen molar-refractivity contribution >= 4 is 22.9 Å². The molecule has 0 bridgehead atoms. The third-order valence-electron chi connectivity index (χ3n) is 3.28. The average molecular weight is 288 g/mol. The molecule has 1 atom stereocenters. The fourth-order valence-corrected chi connectivity index (χ4v) is 2.99. The van der Waals surface area contributed by atoms with Crippen LogP contribution >= 0.6 is 11.3 Å². The smallest absolute Gasteiger partial charge is 0.221 e. The van der Waals surface area contributed by atoms with Crippen molar-refractivity contribution in [2.75, 3.05) is 5.32 Å². The molecule has 0 saturated heterocycles. The van der Waals surface area contributed by atoms with Gasteiger partial charge in [-0.05, 0) is 36.4 Å². The third-order valence-corrected chi connectivity index (χ3v) is 4.20. The number of amides is 1. The lowest BCUT2D eigenvalue weighted by molar-refractivity contribution is -0.114. The van der Waals surface area contributed by atoms with E-state index in [9.17, 15) is 4.79 Å². The fraction of sp³-hybridized carbons (Fsp3) is 0.312. The summed E-state index contributed by atoms with van der Waals surface area (Å²) < 4.78 is 0. The summed E-state index contributed by atoms with van der Waals surface area (Å²) in [6.07, 6.45) is 0. The minimum atomic E-state index is -0.0309. The quantitative estimate of drug-likeness (QED) is 0.877. The van der Waals surface area contributed by atoms with Gasteiger partial charge in [-0.1, -0.05) is 24.3 Å². The van der Waals surface area contributed by atoms with Crippen LogP contribution in [0.15, 0.2) is 35.7 Å². The molecular weight excluding hydrogens is 268 g/mol. The molecular formula is C16H20N2OS. The Hall–Kier alpha value is -1.65. The number of anilines is 1. The van der Waals surface area contributed by atoms with E-state index in [1.165, 1.54) is 18.1 Å². The van der Waals surface area contributed by atoms with Crippen LogP contribution in [0.1, 0.15) is 35.9 Å². The Morgan fingerprint density at radius 3 is 2.75 bits per heavy atom. The van der Waals surface area contributed by atoms with E-state index in [1.54, 1.807) is 11.3 Å². The minimum absolute atomic E-state index is 0.0309. The highest BCUT2D eigenvalue weighted by molar-refractivity contribution is 7.10.